The minimum absolute atomic E-state index is 0.284. The Morgan fingerprint density at radius 1 is 0.950 bits per heavy atom. The number of hydrogen-bond donors (Lipinski definition) is 1. The van der Waals surface area contributed by atoms with E-state index in [1.165, 1.54) is 11.1 Å². The first-order valence-corrected chi connectivity index (χ1v) is 7.59. The molecule has 2 heteroatoms. The summed E-state index contributed by atoms with van der Waals surface area (Å²) >= 11 is 6.22. The van der Waals surface area contributed by atoms with Crippen LogP contribution in [0.15, 0.2) is 54.6 Å². The molecule has 0 spiro atoms. The van der Waals surface area contributed by atoms with Crippen molar-refractivity contribution in [3.8, 4) is 0 Å². The first-order chi connectivity index (χ1) is 9.68. The molecule has 2 atom stereocenters. The van der Waals surface area contributed by atoms with E-state index in [0.29, 0.717) is 5.92 Å². The average molecular weight is 288 g/mol. The molecule has 0 saturated carbocycles. The molecule has 0 aliphatic rings. The van der Waals surface area contributed by atoms with Gasteiger partial charge in [-0.3, -0.25) is 0 Å². The molecule has 0 aliphatic heterocycles. The molecule has 106 valence electrons. The van der Waals surface area contributed by atoms with Gasteiger partial charge < -0.3 is 5.32 Å². The lowest BCUT2D eigenvalue weighted by atomic mass is 9.97. The Kier molecular flexibility index (Phi) is 5.63. The Labute approximate surface area is 127 Å². The summed E-state index contributed by atoms with van der Waals surface area (Å²) in [5.74, 6) is 0.571. The van der Waals surface area contributed by atoms with Crippen LogP contribution >= 0.6 is 11.6 Å². The predicted molar refractivity (Wildman–Crippen MR) is 87.3 cm³/mol. The molecule has 2 aromatic carbocycles. The summed E-state index contributed by atoms with van der Waals surface area (Å²) in [6.07, 6.45) is 1.12. The molecule has 0 bridgehead atoms. The van der Waals surface area contributed by atoms with Gasteiger partial charge in [-0.25, -0.2) is 0 Å². The highest BCUT2D eigenvalue weighted by molar-refractivity contribution is 6.31. The molecule has 0 heterocycles. The standard InChI is InChI=1S/C18H22ClN/c1-14(16-8-4-3-5-9-16)12-13-20-15(2)17-10-6-7-11-18(17)19/h3-11,14-15,20H,12-13H2,1-2H3/t14?,15-/m1/s1. The van der Waals surface area contributed by atoms with Gasteiger partial charge in [0.05, 0.1) is 0 Å². The van der Waals surface area contributed by atoms with Crippen molar-refractivity contribution in [3.05, 3.63) is 70.7 Å². The van der Waals surface area contributed by atoms with Crippen LogP contribution in [0.25, 0.3) is 0 Å². The fourth-order valence-electron chi connectivity index (χ4n) is 2.40. The molecule has 1 nitrogen and oxygen atoms in total. The maximum Gasteiger partial charge on any atom is 0.0453 e. The molecule has 2 rings (SSSR count). The Bertz CT molecular complexity index is 524. The van der Waals surface area contributed by atoms with E-state index in [1.54, 1.807) is 0 Å². The lowest BCUT2D eigenvalue weighted by molar-refractivity contribution is 0.531. The summed E-state index contributed by atoms with van der Waals surface area (Å²) in [7, 11) is 0. The molecule has 0 fully saturated rings. The Morgan fingerprint density at radius 2 is 1.60 bits per heavy atom. The lowest BCUT2D eigenvalue weighted by Crippen LogP contribution is -2.21. The van der Waals surface area contributed by atoms with Crippen molar-refractivity contribution >= 4 is 11.6 Å². The van der Waals surface area contributed by atoms with Crippen LogP contribution in [0.2, 0.25) is 5.02 Å². The van der Waals surface area contributed by atoms with Gasteiger partial charge in [0.15, 0.2) is 0 Å². The highest BCUT2D eigenvalue weighted by atomic mass is 35.5. The first-order valence-electron chi connectivity index (χ1n) is 7.21. The summed E-state index contributed by atoms with van der Waals surface area (Å²) in [6, 6.07) is 19.0. The van der Waals surface area contributed by atoms with Crippen LogP contribution in [0, 0.1) is 0 Å². The van der Waals surface area contributed by atoms with Crippen LogP contribution < -0.4 is 5.32 Å². The highest BCUT2D eigenvalue weighted by Gasteiger charge is 2.09. The van der Waals surface area contributed by atoms with E-state index < -0.39 is 0 Å². The third-order valence-corrected chi connectivity index (χ3v) is 4.11. The van der Waals surface area contributed by atoms with Crippen molar-refractivity contribution < 1.29 is 0 Å². The molecule has 0 aliphatic carbocycles. The van der Waals surface area contributed by atoms with E-state index in [9.17, 15) is 0 Å². The van der Waals surface area contributed by atoms with Crippen LogP contribution in [0.3, 0.4) is 0 Å². The maximum atomic E-state index is 6.22. The van der Waals surface area contributed by atoms with Crippen molar-refractivity contribution in [2.45, 2.75) is 32.2 Å². The van der Waals surface area contributed by atoms with Gasteiger partial charge in [-0.15, -0.1) is 0 Å². The number of nitrogens with one attached hydrogen (secondary N) is 1. The number of halogens is 1. The van der Waals surface area contributed by atoms with Gasteiger partial charge >= 0.3 is 0 Å². The highest BCUT2D eigenvalue weighted by Crippen LogP contribution is 2.23. The van der Waals surface area contributed by atoms with Crippen LogP contribution in [-0.2, 0) is 0 Å². The summed E-state index contributed by atoms with van der Waals surface area (Å²) in [6.45, 7) is 5.42. The Morgan fingerprint density at radius 3 is 2.30 bits per heavy atom. The maximum absolute atomic E-state index is 6.22. The molecular weight excluding hydrogens is 266 g/mol. The van der Waals surface area contributed by atoms with E-state index in [-0.39, 0.29) is 6.04 Å². The zero-order valence-electron chi connectivity index (χ0n) is 12.1. The van der Waals surface area contributed by atoms with Gasteiger partial charge in [0.25, 0.3) is 0 Å². The average Bonchev–Trinajstić information content (AvgIpc) is 2.48. The van der Waals surface area contributed by atoms with E-state index in [4.69, 9.17) is 11.6 Å². The molecular formula is C18H22ClN. The lowest BCUT2D eigenvalue weighted by Gasteiger charge is -2.18. The zero-order chi connectivity index (χ0) is 14.4. The topological polar surface area (TPSA) is 12.0 Å². The Balaban J connectivity index is 1.83. The molecule has 0 saturated heterocycles. The van der Waals surface area contributed by atoms with E-state index >= 15 is 0 Å². The number of rotatable bonds is 6. The summed E-state index contributed by atoms with van der Waals surface area (Å²) in [4.78, 5) is 0. The molecule has 1 unspecified atom stereocenters. The second kappa shape index (κ2) is 7.47. The predicted octanol–water partition coefficient (Wildman–Crippen LogP) is 5.18. The molecule has 20 heavy (non-hydrogen) atoms. The third kappa shape index (κ3) is 4.09. The van der Waals surface area contributed by atoms with Gasteiger partial charge in [-0.2, -0.15) is 0 Å². The van der Waals surface area contributed by atoms with Crippen molar-refractivity contribution in [1.82, 2.24) is 5.32 Å². The largest absolute Gasteiger partial charge is 0.310 e. The minimum atomic E-state index is 0.284. The fraction of sp³-hybridized carbons (Fsp3) is 0.333. The molecule has 0 aromatic heterocycles. The van der Waals surface area contributed by atoms with Gasteiger partial charge in [-0.1, -0.05) is 67.1 Å². The second-order valence-corrected chi connectivity index (χ2v) is 5.70. The number of hydrogen-bond acceptors (Lipinski definition) is 1. The second-order valence-electron chi connectivity index (χ2n) is 5.30. The van der Waals surface area contributed by atoms with Gasteiger partial charge in [0.1, 0.15) is 0 Å². The quantitative estimate of drug-likeness (QED) is 0.771. The smallest absolute Gasteiger partial charge is 0.0453 e. The van der Waals surface area contributed by atoms with Gasteiger partial charge in [0, 0.05) is 11.1 Å². The summed E-state index contributed by atoms with van der Waals surface area (Å²) in [5.41, 5.74) is 2.57. The molecule has 0 amide bonds. The zero-order valence-corrected chi connectivity index (χ0v) is 12.9. The minimum Gasteiger partial charge on any atom is -0.310 e. The van der Waals surface area contributed by atoms with Crippen LogP contribution in [-0.4, -0.2) is 6.54 Å². The van der Waals surface area contributed by atoms with Crippen LogP contribution in [0.5, 0.6) is 0 Å². The monoisotopic (exact) mass is 287 g/mol. The SMILES string of the molecule is CC(CCN[C@H](C)c1ccccc1Cl)c1ccccc1. The normalized spacial score (nSPS) is 13.9. The fourth-order valence-corrected chi connectivity index (χ4v) is 2.70. The van der Waals surface area contributed by atoms with E-state index in [2.05, 4.69) is 55.6 Å². The third-order valence-electron chi connectivity index (χ3n) is 3.77. The van der Waals surface area contributed by atoms with E-state index in [0.717, 1.165) is 18.0 Å². The van der Waals surface area contributed by atoms with Crippen molar-refractivity contribution in [2.75, 3.05) is 6.54 Å². The van der Waals surface area contributed by atoms with Crippen molar-refractivity contribution in [3.63, 3.8) is 0 Å². The van der Waals surface area contributed by atoms with E-state index in [1.807, 2.05) is 18.2 Å². The summed E-state index contributed by atoms with van der Waals surface area (Å²) in [5, 5.41) is 4.39. The van der Waals surface area contributed by atoms with Gasteiger partial charge in [-0.05, 0) is 43.0 Å². The van der Waals surface area contributed by atoms with Crippen molar-refractivity contribution in [2.24, 2.45) is 0 Å². The summed E-state index contributed by atoms with van der Waals surface area (Å²) < 4.78 is 0. The Hall–Kier alpha value is -1.31. The van der Waals surface area contributed by atoms with Crippen LogP contribution in [0.1, 0.15) is 43.4 Å². The molecule has 2 aromatic rings. The molecule has 0 radical (unpaired) electrons. The molecule has 1 N–H and O–H groups in total. The number of benzene rings is 2. The van der Waals surface area contributed by atoms with Crippen LogP contribution in [0.4, 0.5) is 0 Å². The van der Waals surface area contributed by atoms with Gasteiger partial charge in [0.2, 0.25) is 0 Å². The first kappa shape index (κ1) is 15.1. The van der Waals surface area contributed by atoms with Crippen molar-refractivity contribution in [1.29, 1.82) is 0 Å².